The number of rotatable bonds is 4. The number of amides is 1. The van der Waals surface area contributed by atoms with Gasteiger partial charge >= 0.3 is 5.97 Å². The van der Waals surface area contributed by atoms with Crippen molar-refractivity contribution < 1.29 is 14.7 Å². The smallest absolute Gasteiger partial charge is 0.336 e. The van der Waals surface area contributed by atoms with Crippen molar-refractivity contribution in [2.24, 2.45) is 0 Å². The molecule has 2 heterocycles. The van der Waals surface area contributed by atoms with Crippen LogP contribution in [0.15, 0.2) is 41.9 Å². The highest BCUT2D eigenvalue weighted by atomic mass is 32.1. The summed E-state index contributed by atoms with van der Waals surface area (Å²) in [7, 11) is 0. The summed E-state index contributed by atoms with van der Waals surface area (Å²) in [5.74, 6) is -1.48. The highest BCUT2D eigenvalue weighted by Gasteiger charge is 2.14. The summed E-state index contributed by atoms with van der Waals surface area (Å²) < 4.78 is 1.51. The lowest BCUT2D eigenvalue weighted by atomic mass is 10.2. The Morgan fingerprint density at radius 3 is 2.65 bits per heavy atom. The van der Waals surface area contributed by atoms with Crippen LogP contribution >= 0.6 is 11.3 Å². The van der Waals surface area contributed by atoms with E-state index in [4.69, 9.17) is 5.11 Å². The number of thiophene rings is 1. The summed E-state index contributed by atoms with van der Waals surface area (Å²) in [4.78, 5) is 22.9. The van der Waals surface area contributed by atoms with Gasteiger partial charge in [0.25, 0.3) is 5.91 Å². The van der Waals surface area contributed by atoms with E-state index in [-0.39, 0.29) is 11.3 Å². The minimum Gasteiger partial charge on any atom is -0.478 e. The van der Waals surface area contributed by atoms with E-state index in [1.54, 1.807) is 0 Å². The molecule has 0 spiro atoms. The number of nitrogens with zero attached hydrogens (tertiary/aromatic N) is 3. The van der Waals surface area contributed by atoms with E-state index < -0.39 is 11.9 Å². The quantitative estimate of drug-likeness (QED) is 0.767. The minimum absolute atomic E-state index is 0.133. The molecule has 0 aliphatic rings. The number of carboxylic acids is 1. The lowest BCUT2D eigenvalue weighted by Crippen LogP contribution is -2.11. The van der Waals surface area contributed by atoms with Gasteiger partial charge in [-0.3, -0.25) is 4.79 Å². The number of carboxylic acid groups (broad SMARTS) is 1. The molecule has 0 fully saturated rings. The molecule has 1 amide bonds. The number of aryl methyl sites for hydroxylation is 1. The first-order chi connectivity index (χ1) is 11.0. The Bertz CT molecular complexity index is 867. The number of aromatic carboxylic acids is 1. The molecule has 8 heteroatoms. The molecule has 116 valence electrons. The van der Waals surface area contributed by atoms with E-state index in [9.17, 15) is 9.59 Å². The monoisotopic (exact) mass is 328 g/mol. The van der Waals surface area contributed by atoms with E-state index in [0.29, 0.717) is 5.00 Å². The van der Waals surface area contributed by atoms with Gasteiger partial charge in [0.05, 0.1) is 22.4 Å². The van der Waals surface area contributed by atoms with Crippen molar-refractivity contribution in [2.45, 2.75) is 6.92 Å². The van der Waals surface area contributed by atoms with E-state index in [1.807, 2.05) is 31.2 Å². The molecule has 0 aliphatic carbocycles. The molecule has 0 unspecified atom stereocenters. The molecule has 3 rings (SSSR count). The number of aromatic nitrogens is 3. The zero-order valence-electron chi connectivity index (χ0n) is 12.1. The summed E-state index contributed by atoms with van der Waals surface area (Å²) in [6.45, 7) is 1.98. The fourth-order valence-corrected chi connectivity index (χ4v) is 2.65. The zero-order chi connectivity index (χ0) is 16.4. The molecule has 0 radical (unpaired) electrons. The molecule has 23 heavy (non-hydrogen) atoms. The van der Waals surface area contributed by atoms with Gasteiger partial charge in [-0.05, 0) is 25.1 Å². The third kappa shape index (κ3) is 3.27. The molecule has 0 saturated carbocycles. The second kappa shape index (κ2) is 6.01. The number of anilines is 1. The van der Waals surface area contributed by atoms with Crippen molar-refractivity contribution in [3.63, 3.8) is 0 Å². The Labute approximate surface area is 135 Å². The van der Waals surface area contributed by atoms with Gasteiger partial charge in [-0.25, -0.2) is 9.48 Å². The number of hydrogen-bond donors (Lipinski definition) is 2. The number of benzene rings is 1. The Morgan fingerprint density at radius 1 is 1.26 bits per heavy atom. The maximum absolute atomic E-state index is 12.1. The van der Waals surface area contributed by atoms with E-state index >= 15 is 0 Å². The van der Waals surface area contributed by atoms with Crippen LogP contribution in [0.3, 0.4) is 0 Å². The van der Waals surface area contributed by atoms with E-state index in [2.05, 4.69) is 15.6 Å². The highest BCUT2D eigenvalue weighted by molar-refractivity contribution is 7.14. The topological polar surface area (TPSA) is 97.1 Å². The van der Waals surface area contributed by atoms with Crippen LogP contribution in [0.1, 0.15) is 26.4 Å². The standard InChI is InChI=1S/C15H12N4O3S/c1-9-2-4-11(5-3-9)19-7-12(17-18-19)14(20)16-13-6-10(8-23-13)15(21)22/h2-8H,1H3,(H,16,20)(H,21,22). The van der Waals surface area contributed by atoms with E-state index in [1.165, 1.54) is 22.3 Å². The van der Waals surface area contributed by atoms with Crippen molar-refractivity contribution in [1.82, 2.24) is 15.0 Å². The van der Waals surface area contributed by atoms with Crippen molar-refractivity contribution in [3.05, 3.63) is 58.7 Å². The van der Waals surface area contributed by atoms with Gasteiger partial charge in [0.15, 0.2) is 5.69 Å². The van der Waals surface area contributed by atoms with Crippen LogP contribution in [0.5, 0.6) is 0 Å². The first-order valence-corrected chi connectivity index (χ1v) is 7.53. The molecule has 0 bridgehead atoms. The molecule has 2 aromatic heterocycles. The summed E-state index contributed by atoms with van der Waals surface area (Å²) >= 11 is 1.14. The lowest BCUT2D eigenvalue weighted by Gasteiger charge is -2.00. The van der Waals surface area contributed by atoms with Gasteiger partial charge in [0.1, 0.15) is 0 Å². The second-order valence-electron chi connectivity index (χ2n) is 4.84. The summed E-state index contributed by atoms with van der Waals surface area (Å²) in [5.41, 5.74) is 2.20. The van der Waals surface area contributed by atoms with E-state index in [0.717, 1.165) is 22.6 Å². The van der Waals surface area contributed by atoms with Crippen LogP contribution in [-0.2, 0) is 0 Å². The first kappa shape index (κ1) is 14.9. The summed E-state index contributed by atoms with van der Waals surface area (Å²) in [5, 5.41) is 21.1. The average molecular weight is 328 g/mol. The van der Waals surface area contributed by atoms with Crippen LogP contribution in [-0.4, -0.2) is 32.0 Å². The van der Waals surface area contributed by atoms with Gasteiger partial charge in [0.2, 0.25) is 0 Å². The van der Waals surface area contributed by atoms with Gasteiger partial charge in [-0.15, -0.1) is 16.4 Å². The normalized spacial score (nSPS) is 10.5. The molecule has 1 aromatic carbocycles. The third-order valence-electron chi connectivity index (χ3n) is 3.11. The molecular formula is C15H12N4O3S. The van der Waals surface area contributed by atoms with Crippen molar-refractivity contribution in [2.75, 3.05) is 5.32 Å². The number of carbonyl (C=O) groups excluding carboxylic acids is 1. The fraction of sp³-hybridized carbons (Fsp3) is 0.0667. The predicted octanol–water partition coefficient (Wildman–Crippen LogP) is 2.59. The number of carbonyl (C=O) groups is 2. The summed E-state index contributed by atoms with van der Waals surface area (Å²) in [6, 6.07) is 9.04. The van der Waals surface area contributed by atoms with Crippen LogP contribution in [0.4, 0.5) is 5.00 Å². The first-order valence-electron chi connectivity index (χ1n) is 6.65. The Hall–Kier alpha value is -3.00. The van der Waals surface area contributed by atoms with Crippen LogP contribution in [0.25, 0.3) is 5.69 Å². The molecule has 0 aliphatic heterocycles. The minimum atomic E-state index is -1.04. The molecule has 2 N–H and O–H groups in total. The molecule has 7 nitrogen and oxygen atoms in total. The second-order valence-corrected chi connectivity index (χ2v) is 5.75. The highest BCUT2D eigenvalue weighted by Crippen LogP contribution is 2.21. The Morgan fingerprint density at radius 2 is 2.00 bits per heavy atom. The third-order valence-corrected chi connectivity index (χ3v) is 3.95. The van der Waals surface area contributed by atoms with Crippen molar-refractivity contribution in [1.29, 1.82) is 0 Å². The zero-order valence-corrected chi connectivity index (χ0v) is 12.9. The largest absolute Gasteiger partial charge is 0.478 e. The van der Waals surface area contributed by atoms with Gasteiger partial charge in [-0.1, -0.05) is 22.9 Å². The van der Waals surface area contributed by atoms with Crippen LogP contribution in [0, 0.1) is 6.92 Å². The Kier molecular flexibility index (Phi) is 3.90. The Balaban J connectivity index is 1.75. The van der Waals surface area contributed by atoms with Gasteiger partial charge in [-0.2, -0.15) is 0 Å². The number of hydrogen-bond acceptors (Lipinski definition) is 5. The molecular weight excluding hydrogens is 316 g/mol. The maximum atomic E-state index is 12.1. The van der Waals surface area contributed by atoms with Crippen LogP contribution < -0.4 is 5.32 Å². The predicted molar refractivity (Wildman–Crippen MR) is 85.3 cm³/mol. The molecule has 0 saturated heterocycles. The lowest BCUT2D eigenvalue weighted by molar-refractivity contribution is 0.0697. The van der Waals surface area contributed by atoms with Crippen LogP contribution in [0.2, 0.25) is 0 Å². The molecule has 0 atom stereocenters. The number of nitrogens with one attached hydrogen (secondary N) is 1. The fourth-order valence-electron chi connectivity index (χ4n) is 1.88. The molecule has 3 aromatic rings. The van der Waals surface area contributed by atoms with Gasteiger partial charge < -0.3 is 10.4 Å². The van der Waals surface area contributed by atoms with Gasteiger partial charge in [0, 0.05) is 5.38 Å². The van der Waals surface area contributed by atoms with Crippen molar-refractivity contribution in [3.8, 4) is 5.69 Å². The maximum Gasteiger partial charge on any atom is 0.336 e. The summed E-state index contributed by atoms with van der Waals surface area (Å²) in [6.07, 6.45) is 1.52. The SMILES string of the molecule is Cc1ccc(-n2cc(C(=O)Nc3cc(C(=O)O)cs3)nn2)cc1. The van der Waals surface area contributed by atoms with Crippen molar-refractivity contribution >= 4 is 28.2 Å². The average Bonchev–Trinajstić information content (AvgIpc) is 3.17.